The number of carbonyl (C=O) groups excluding carboxylic acids is 1. The Morgan fingerprint density at radius 1 is 1.05 bits per heavy atom. The topological polar surface area (TPSA) is 58.6 Å². The maximum atomic E-state index is 11.3. The first-order valence-electron chi connectivity index (χ1n) is 6.78. The SMILES string of the molecule is CNC(=O)COCC(O)(c1ccccc1)c1ccccc1. The first kappa shape index (κ1) is 15.2. The lowest BCUT2D eigenvalue weighted by Crippen LogP contribution is -2.35. The van der Waals surface area contributed by atoms with Gasteiger partial charge in [-0.1, -0.05) is 60.7 Å². The monoisotopic (exact) mass is 285 g/mol. The molecular weight excluding hydrogens is 266 g/mol. The van der Waals surface area contributed by atoms with E-state index in [1.165, 1.54) is 0 Å². The van der Waals surface area contributed by atoms with Gasteiger partial charge in [-0.05, 0) is 11.1 Å². The molecule has 0 atom stereocenters. The lowest BCUT2D eigenvalue weighted by molar-refractivity contribution is -0.127. The minimum Gasteiger partial charge on any atom is -0.378 e. The van der Waals surface area contributed by atoms with Crippen LogP contribution in [-0.2, 0) is 15.1 Å². The first-order valence-corrected chi connectivity index (χ1v) is 6.78. The van der Waals surface area contributed by atoms with Gasteiger partial charge >= 0.3 is 0 Å². The summed E-state index contributed by atoms with van der Waals surface area (Å²) in [6.07, 6.45) is 0. The Morgan fingerprint density at radius 2 is 1.52 bits per heavy atom. The highest BCUT2D eigenvalue weighted by Gasteiger charge is 2.31. The number of hydrogen-bond donors (Lipinski definition) is 2. The van der Waals surface area contributed by atoms with E-state index in [1.54, 1.807) is 7.05 Å². The highest BCUT2D eigenvalue weighted by Crippen LogP contribution is 2.29. The molecule has 0 unspecified atom stereocenters. The molecule has 4 nitrogen and oxygen atoms in total. The molecule has 0 fully saturated rings. The molecule has 21 heavy (non-hydrogen) atoms. The summed E-state index contributed by atoms with van der Waals surface area (Å²) in [4.78, 5) is 11.3. The van der Waals surface area contributed by atoms with Crippen molar-refractivity contribution in [3.63, 3.8) is 0 Å². The number of hydrogen-bond acceptors (Lipinski definition) is 3. The summed E-state index contributed by atoms with van der Waals surface area (Å²) >= 11 is 0. The van der Waals surface area contributed by atoms with E-state index >= 15 is 0 Å². The Hall–Kier alpha value is -2.17. The highest BCUT2D eigenvalue weighted by molar-refractivity contribution is 5.76. The Balaban J connectivity index is 2.25. The zero-order valence-corrected chi connectivity index (χ0v) is 12.0. The van der Waals surface area contributed by atoms with Gasteiger partial charge < -0.3 is 15.2 Å². The zero-order chi connectivity index (χ0) is 15.1. The Bertz CT molecular complexity index is 530. The number of rotatable bonds is 6. The van der Waals surface area contributed by atoms with Crippen LogP contribution in [0.2, 0.25) is 0 Å². The third-order valence-electron chi connectivity index (χ3n) is 3.33. The second kappa shape index (κ2) is 7.02. The van der Waals surface area contributed by atoms with Crippen molar-refractivity contribution in [2.45, 2.75) is 5.60 Å². The molecule has 2 N–H and O–H groups in total. The van der Waals surface area contributed by atoms with Gasteiger partial charge in [-0.2, -0.15) is 0 Å². The largest absolute Gasteiger partial charge is 0.378 e. The number of amides is 1. The zero-order valence-electron chi connectivity index (χ0n) is 12.0. The summed E-state index contributed by atoms with van der Waals surface area (Å²) in [7, 11) is 1.55. The summed E-state index contributed by atoms with van der Waals surface area (Å²) < 4.78 is 5.40. The average molecular weight is 285 g/mol. The summed E-state index contributed by atoms with van der Waals surface area (Å²) in [5.41, 5.74) is 0.178. The second-order valence-corrected chi connectivity index (χ2v) is 4.76. The lowest BCUT2D eigenvalue weighted by atomic mass is 9.87. The fourth-order valence-electron chi connectivity index (χ4n) is 2.12. The van der Waals surface area contributed by atoms with Crippen LogP contribution in [-0.4, -0.2) is 31.3 Å². The predicted octanol–water partition coefficient (Wildman–Crippen LogP) is 1.69. The van der Waals surface area contributed by atoms with Crippen LogP contribution in [0.1, 0.15) is 11.1 Å². The molecule has 1 amide bonds. The second-order valence-electron chi connectivity index (χ2n) is 4.76. The predicted molar refractivity (Wildman–Crippen MR) is 80.8 cm³/mol. The third kappa shape index (κ3) is 3.68. The van der Waals surface area contributed by atoms with E-state index in [2.05, 4.69) is 5.32 Å². The molecule has 0 aromatic heterocycles. The van der Waals surface area contributed by atoms with E-state index in [9.17, 15) is 9.90 Å². The molecule has 0 bridgehead atoms. The van der Waals surface area contributed by atoms with Crippen molar-refractivity contribution < 1.29 is 14.6 Å². The summed E-state index contributed by atoms with van der Waals surface area (Å²) in [6, 6.07) is 18.6. The third-order valence-corrected chi connectivity index (χ3v) is 3.33. The molecule has 0 saturated carbocycles. The maximum absolute atomic E-state index is 11.3. The lowest BCUT2D eigenvalue weighted by Gasteiger charge is -2.29. The molecule has 0 spiro atoms. The number of likely N-dealkylation sites (N-methyl/N-ethyl adjacent to an activating group) is 1. The van der Waals surface area contributed by atoms with Gasteiger partial charge in [0.1, 0.15) is 12.2 Å². The molecule has 2 aromatic rings. The van der Waals surface area contributed by atoms with Crippen LogP contribution in [0.15, 0.2) is 60.7 Å². The van der Waals surface area contributed by atoms with Crippen molar-refractivity contribution >= 4 is 5.91 Å². The van der Waals surface area contributed by atoms with Crippen molar-refractivity contribution in [2.24, 2.45) is 0 Å². The van der Waals surface area contributed by atoms with Crippen molar-refractivity contribution in [1.29, 1.82) is 0 Å². The molecule has 0 heterocycles. The summed E-state index contributed by atoms with van der Waals surface area (Å²) in [5.74, 6) is -0.224. The minimum atomic E-state index is -1.28. The number of nitrogens with one attached hydrogen (secondary N) is 1. The number of ether oxygens (including phenoxy) is 1. The Labute approximate surface area is 124 Å². The molecule has 0 aliphatic rings. The minimum absolute atomic E-state index is 0.00838. The standard InChI is InChI=1S/C17H19NO3/c1-18-16(19)12-21-13-17(20,14-8-4-2-5-9-14)15-10-6-3-7-11-15/h2-11,20H,12-13H2,1H3,(H,18,19). The van der Waals surface area contributed by atoms with Crippen molar-refractivity contribution in [3.8, 4) is 0 Å². The van der Waals surface area contributed by atoms with Crippen molar-refractivity contribution in [1.82, 2.24) is 5.32 Å². The van der Waals surface area contributed by atoms with E-state index in [4.69, 9.17) is 4.74 Å². The molecule has 0 aliphatic heterocycles. The van der Waals surface area contributed by atoms with Crippen LogP contribution < -0.4 is 5.32 Å². The van der Waals surface area contributed by atoms with E-state index in [0.717, 1.165) is 11.1 Å². The molecule has 0 radical (unpaired) electrons. The van der Waals surface area contributed by atoms with Gasteiger partial charge in [0.2, 0.25) is 5.91 Å². The van der Waals surface area contributed by atoms with Gasteiger partial charge in [0, 0.05) is 7.05 Å². The Morgan fingerprint density at radius 3 is 1.95 bits per heavy atom. The van der Waals surface area contributed by atoms with Crippen LogP contribution in [0.25, 0.3) is 0 Å². The fraction of sp³-hybridized carbons (Fsp3) is 0.235. The van der Waals surface area contributed by atoms with E-state index in [1.807, 2.05) is 60.7 Å². The molecule has 2 rings (SSSR count). The quantitative estimate of drug-likeness (QED) is 0.849. The van der Waals surface area contributed by atoms with Gasteiger partial charge in [0.15, 0.2) is 0 Å². The van der Waals surface area contributed by atoms with E-state index in [0.29, 0.717) is 0 Å². The van der Waals surface area contributed by atoms with Gasteiger partial charge in [-0.3, -0.25) is 4.79 Å². The summed E-state index contributed by atoms with van der Waals surface area (Å²) in [6.45, 7) is -0.0765. The fourth-order valence-corrected chi connectivity index (χ4v) is 2.12. The molecule has 110 valence electrons. The first-order chi connectivity index (χ1) is 10.2. The van der Waals surface area contributed by atoms with Crippen LogP contribution in [0.5, 0.6) is 0 Å². The maximum Gasteiger partial charge on any atom is 0.245 e. The van der Waals surface area contributed by atoms with Crippen LogP contribution in [0.3, 0.4) is 0 Å². The van der Waals surface area contributed by atoms with Crippen molar-refractivity contribution in [3.05, 3.63) is 71.8 Å². The normalized spacial score (nSPS) is 11.1. The van der Waals surface area contributed by atoms with Crippen molar-refractivity contribution in [2.75, 3.05) is 20.3 Å². The Kier molecular flexibility index (Phi) is 5.09. The molecule has 2 aromatic carbocycles. The smallest absolute Gasteiger partial charge is 0.245 e. The van der Waals surface area contributed by atoms with Gasteiger partial charge in [0.05, 0.1) is 6.61 Å². The highest BCUT2D eigenvalue weighted by atomic mass is 16.5. The van der Waals surface area contributed by atoms with Gasteiger partial charge in [0.25, 0.3) is 0 Å². The molecular formula is C17H19NO3. The summed E-state index contributed by atoms with van der Waals surface area (Å²) in [5, 5.41) is 13.6. The van der Waals surface area contributed by atoms with Gasteiger partial charge in [-0.25, -0.2) is 0 Å². The number of aliphatic hydroxyl groups is 1. The van der Waals surface area contributed by atoms with Crippen LogP contribution in [0.4, 0.5) is 0 Å². The molecule has 0 saturated heterocycles. The molecule has 4 heteroatoms. The number of carbonyl (C=O) groups is 1. The average Bonchev–Trinajstić information content (AvgIpc) is 2.56. The van der Waals surface area contributed by atoms with Gasteiger partial charge in [-0.15, -0.1) is 0 Å². The van der Waals surface area contributed by atoms with Crippen LogP contribution >= 0.6 is 0 Å². The van der Waals surface area contributed by atoms with E-state index in [-0.39, 0.29) is 19.1 Å². The molecule has 0 aliphatic carbocycles. The van der Waals surface area contributed by atoms with Crippen LogP contribution in [0, 0.1) is 0 Å². The van der Waals surface area contributed by atoms with E-state index < -0.39 is 5.60 Å². The number of benzene rings is 2.